The fourth-order valence-corrected chi connectivity index (χ4v) is 3.80. The van der Waals surface area contributed by atoms with Gasteiger partial charge in [0.25, 0.3) is 0 Å². The molecular weight excluding hydrogens is 368 g/mol. The summed E-state index contributed by atoms with van der Waals surface area (Å²) < 4.78 is 32.2. The van der Waals surface area contributed by atoms with Gasteiger partial charge in [0.2, 0.25) is 0 Å². The number of pyridine rings is 2. The molecule has 0 unspecified atom stereocenters. The Kier molecular flexibility index (Phi) is 3.91. The maximum absolute atomic E-state index is 15.9. The lowest BCUT2D eigenvalue weighted by atomic mass is 10.1. The summed E-state index contributed by atoms with van der Waals surface area (Å²) in [5.74, 6) is -1.06. The Morgan fingerprint density at radius 2 is 1.66 bits per heavy atom. The molecule has 0 spiro atoms. The van der Waals surface area contributed by atoms with E-state index in [2.05, 4.69) is 9.97 Å². The number of hydrogen-bond donors (Lipinski definition) is 0. The van der Waals surface area contributed by atoms with Gasteiger partial charge < -0.3 is 4.57 Å². The molecule has 29 heavy (non-hydrogen) atoms. The predicted molar refractivity (Wildman–Crippen MR) is 111 cm³/mol. The van der Waals surface area contributed by atoms with E-state index in [0.29, 0.717) is 16.6 Å². The molecule has 0 bridgehead atoms. The normalized spacial score (nSPS) is 11.4. The van der Waals surface area contributed by atoms with Crippen molar-refractivity contribution in [3.63, 3.8) is 0 Å². The van der Waals surface area contributed by atoms with Crippen molar-refractivity contribution in [2.75, 3.05) is 0 Å². The first kappa shape index (κ1) is 17.5. The van der Waals surface area contributed by atoms with Crippen LogP contribution in [0.15, 0.2) is 67.0 Å². The first-order valence-corrected chi connectivity index (χ1v) is 9.32. The van der Waals surface area contributed by atoms with Crippen LogP contribution in [-0.2, 0) is 0 Å². The Bertz CT molecular complexity index is 1400. The van der Waals surface area contributed by atoms with Gasteiger partial charge in [0.15, 0.2) is 5.82 Å². The molecular formula is C24H17F2N3. The maximum Gasteiger partial charge on any atom is 0.174 e. The van der Waals surface area contributed by atoms with Crippen LogP contribution in [0.3, 0.4) is 0 Å². The Morgan fingerprint density at radius 3 is 2.48 bits per heavy atom. The molecule has 3 aromatic heterocycles. The molecule has 5 heteroatoms. The average molecular weight is 385 g/mol. The van der Waals surface area contributed by atoms with Gasteiger partial charge >= 0.3 is 0 Å². The molecule has 0 saturated heterocycles. The number of benzene rings is 2. The van der Waals surface area contributed by atoms with Gasteiger partial charge in [-0.2, -0.15) is 0 Å². The van der Waals surface area contributed by atoms with Gasteiger partial charge in [-0.3, -0.25) is 4.98 Å². The van der Waals surface area contributed by atoms with Gasteiger partial charge in [-0.25, -0.2) is 13.8 Å². The first-order chi connectivity index (χ1) is 14.0. The summed E-state index contributed by atoms with van der Waals surface area (Å²) in [7, 11) is 0. The fraction of sp³-hybridized carbons (Fsp3) is 0.0833. The van der Waals surface area contributed by atoms with E-state index in [9.17, 15) is 4.39 Å². The van der Waals surface area contributed by atoms with Crippen LogP contribution in [0.4, 0.5) is 8.78 Å². The second-order valence-electron chi connectivity index (χ2n) is 7.14. The molecule has 0 N–H and O–H groups in total. The van der Waals surface area contributed by atoms with Crippen molar-refractivity contribution < 1.29 is 8.78 Å². The summed E-state index contributed by atoms with van der Waals surface area (Å²) in [4.78, 5) is 8.82. The van der Waals surface area contributed by atoms with E-state index in [1.54, 1.807) is 24.4 Å². The van der Waals surface area contributed by atoms with E-state index in [0.717, 1.165) is 22.2 Å². The lowest BCUT2D eigenvalue weighted by Crippen LogP contribution is -2.03. The van der Waals surface area contributed by atoms with Gasteiger partial charge in [-0.1, -0.05) is 30.3 Å². The van der Waals surface area contributed by atoms with Crippen LogP contribution in [0.2, 0.25) is 0 Å². The van der Waals surface area contributed by atoms with Crippen LogP contribution in [0.5, 0.6) is 0 Å². The number of halogens is 2. The Balaban J connectivity index is 1.93. The number of hydrogen-bond acceptors (Lipinski definition) is 2. The van der Waals surface area contributed by atoms with E-state index in [4.69, 9.17) is 0 Å². The third kappa shape index (κ3) is 2.70. The predicted octanol–water partition coefficient (Wildman–Crippen LogP) is 6.14. The van der Waals surface area contributed by atoms with E-state index >= 15 is 4.39 Å². The highest BCUT2D eigenvalue weighted by Crippen LogP contribution is 2.35. The molecule has 0 atom stereocenters. The molecule has 0 radical (unpaired) electrons. The van der Waals surface area contributed by atoms with Crippen LogP contribution in [0.1, 0.15) is 11.3 Å². The average Bonchev–Trinajstić information content (AvgIpc) is 3.03. The van der Waals surface area contributed by atoms with Gasteiger partial charge in [-0.15, -0.1) is 0 Å². The highest BCUT2D eigenvalue weighted by atomic mass is 19.1. The molecule has 2 aromatic carbocycles. The summed E-state index contributed by atoms with van der Waals surface area (Å²) in [5, 5.41) is 1.61. The third-order valence-electron chi connectivity index (χ3n) is 5.20. The highest BCUT2D eigenvalue weighted by molar-refractivity contribution is 5.94. The lowest BCUT2D eigenvalue weighted by Gasteiger charge is -2.14. The molecule has 0 aliphatic heterocycles. The van der Waals surface area contributed by atoms with Crippen LogP contribution in [0, 0.1) is 25.5 Å². The summed E-state index contributed by atoms with van der Waals surface area (Å²) >= 11 is 0. The van der Waals surface area contributed by atoms with E-state index in [1.807, 2.05) is 54.9 Å². The number of nitrogens with zero attached hydrogens (tertiary/aromatic N) is 3. The zero-order valence-corrected chi connectivity index (χ0v) is 15.9. The fourth-order valence-electron chi connectivity index (χ4n) is 3.80. The minimum Gasteiger partial charge on any atom is -0.313 e. The van der Waals surface area contributed by atoms with E-state index < -0.39 is 11.6 Å². The van der Waals surface area contributed by atoms with Crippen LogP contribution in [0.25, 0.3) is 38.8 Å². The van der Waals surface area contributed by atoms with E-state index in [1.165, 1.54) is 6.07 Å². The molecule has 3 heterocycles. The van der Waals surface area contributed by atoms with Crippen molar-refractivity contribution >= 4 is 21.8 Å². The minimum absolute atomic E-state index is 0.00193. The van der Waals surface area contributed by atoms with Crippen LogP contribution in [-0.4, -0.2) is 14.5 Å². The summed E-state index contributed by atoms with van der Waals surface area (Å²) in [6.07, 6.45) is 3.69. The smallest absolute Gasteiger partial charge is 0.174 e. The van der Waals surface area contributed by atoms with Crippen molar-refractivity contribution in [1.82, 2.24) is 14.5 Å². The number of aryl methyl sites for hydroxylation is 2. The molecule has 3 nitrogen and oxygen atoms in total. The van der Waals surface area contributed by atoms with Crippen molar-refractivity contribution in [3.8, 4) is 16.9 Å². The number of rotatable bonds is 2. The number of fused-ring (bicyclic) bond motifs is 2. The molecule has 5 rings (SSSR count). The van der Waals surface area contributed by atoms with Gasteiger partial charge in [0, 0.05) is 34.4 Å². The molecule has 5 aromatic rings. The monoisotopic (exact) mass is 385 g/mol. The molecule has 0 aliphatic carbocycles. The maximum atomic E-state index is 15.9. The van der Waals surface area contributed by atoms with Crippen LogP contribution < -0.4 is 0 Å². The second kappa shape index (κ2) is 6.48. The Hall–Kier alpha value is -3.60. The van der Waals surface area contributed by atoms with Crippen molar-refractivity contribution in [2.24, 2.45) is 0 Å². The zero-order valence-electron chi connectivity index (χ0n) is 15.9. The quantitative estimate of drug-likeness (QED) is 0.366. The molecule has 0 saturated carbocycles. The summed E-state index contributed by atoms with van der Waals surface area (Å²) in [5.41, 5.74) is 3.78. The van der Waals surface area contributed by atoms with Crippen molar-refractivity contribution in [3.05, 3.63) is 89.9 Å². The van der Waals surface area contributed by atoms with Gasteiger partial charge in [0.05, 0.1) is 16.7 Å². The lowest BCUT2D eigenvalue weighted by molar-refractivity contribution is 0.609. The largest absolute Gasteiger partial charge is 0.313 e. The van der Waals surface area contributed by atoms with Crippen molar-refractivity contribution in [2.45, 2.75) is 13.8 Å². The van der Waals surface area contributed by atoms with Crippen LogP contribution >= 0.6 is 0 Å². The highest BCUT2D eigenvalue weighted by Gasteiger charge is 2.21. The number of para-hydroxylation sites is 1. The van der Waals surface area contributed by atoms with Crippen molar-refractivity contribution in [1.29, 1.82) is 0 Å². The molecule has 0 amide bonds. The van der Waals surface area contributed by atoms with Gasteiger partial charge in [0.1, 0.15) is 11.5 Å². The Morgan fingerprint density at radius 1 is 0.897 bits per heavy atom. The molecule has 0 fully saturated rings. The standard InChI is InChI=1S/C24H17F2N3/c1-14-13-29(21-11-15(2)27-12-18(14)21)24-17-8-4-6-10-20(17)28-23(22(24)26)16-7-3-5-9-19(16)25/h3-13H,1-2H3. The molecule has 142 valence electrons. The summed E-state index contributed by atoms with van der Waals surface area (Å²) in [6.45, 7) is 3.87. The third-order valence-corrected chi connectivity index (χ3v) is 5.20. The van der Waals surface area contributed by atoms with E-state index in [-0.39, 0.29) is 11.3 Å². The summed E-state index contributed by atoms with van der Waals surface area (Å²) in [6, 6.07) is 15.4. The SMILES string of the molecule is Cc1cc2c(cn1)c(C)cn2-c1c(F)c(-c2ccccc2F)nc2ccccc12. The zero-order chi connectivity index (χ0) is 20.1. The van der Waals surface area contributed by atoms with Gasteiger partial charge in [-0.05, 0) is 43.7 Å². The minimum atomic E-state index is -0.555. The Labute approximate surface area is 166 Å². The topological polar surface area (TPSA) is 30.7 Å². The molecule has 0 aliphatic rings. The second-order valence-corrected chi connectivity index (χ2v) is 7.14. The first-order valence-electron chi connectivity index (χ1n) is 9.32. The number of aromatic nitrogens is 3.